The van der Waals surface area contributed by atoms with Gasteiger partial charge in [0.2, 0.25) is 5.76 Å². The quantitative estimate of drug-likeness (QED) is 0.130. The average molecular weight is 623 g/mol. The zero-order valence-electron chi connectivity index (χ0n) is 25.2. The van der Waals surface area contributed by atoms with Gasteiger partial charge in [-0.15, -0.1) is 0 Å². The van der Waals surface area contributed by atoms with Crippen molar-refractivity contribution in [1.82, 2.24) is 4.98 Å². The molecular formula is C35H30N2O7S. The lowest BCUT2D eigenvalue weighted by molar-refractivity contribution is 0.0554. The van der Waals surface area contributed by atoms with E-state index in [4.69, 9.17) is 18.6 Å². The van der Waals surface area contributed by atoms with E-state index < -0.39 is 17.9 Å². The molecule has 0 aliphatic carbocycles. The maximum Gasteiger partial charge on any atom is 0.350 e. The third kappa shape index (κ3) is 5.38. The summed E-state index contributed by atoms with van der Waals surface area (Å²) in [7, 11) is 1.53. The van der Waals surface area contributed by atoms with Crippen LogP contribution in [-0.2, 0) is 11.3 Å². The number of rotatable bonds is 9. The van der Waals surface area contributed by atoms with Crippen molar-refractivity contribution in [3.05, 3.63) is 128 Å². The van der Waals surface area contributed by atoms with E-state index in [1.807, 2.05) is 44.2 Å². The largest absolute Gasteiger partial charge is 0.493 e. The van der Waals surface area contributed by atoms with Crippen LogP contribution in [0.1, 0.15) is 59.8 Å². The molecule has 1 amide bonds. The Hall–Kier alpha value is -5.22. The van der Waals surface area contributed by atoms with E-state index in [0.717, 1.165) is 28.0 Å². The molecule has 10 heteroatoms. The normalized spacial score (nSPS) is 14.0. The smallest absolute Gasteiger partial charge is 0.350 e. The summed E-state index contributed by atoms with van der Waals surface area (Å²) in [4.78, 5) is 47.3. The Bertz CT molecular complexity index is 2030. The molecule has 45 heavy (non-hydrogen) atoms. The topological polar surface area (TPSA) is 108 Å². The van der Waals surface area contributed by atoms with Gasteiger partial charge in [-0.05, 0) is 67.3 Å². The lowest BCUT2D eigenvalue weighted by Gasteiger charge is -2.23. The molecule has 5 aromatic rings. The standard InChI is InChI=1S/C35H30N2O7S/c1-6-14-42-34(40)32-21(4)36-35(45-32)37-29(23-12-13-25(27(17-23)41-5)43-18-22-10-8-7-9-11-22)28-30(38)24-15-19(2)20(3)16-26(24)44-31(28)33(37)39/h6-13,15-17,29H,1,14,18H2,2-5H3. The van der Waals surface area contributed by atoms with Crippen LogP contribution in [0.15, 0.2) is 82.5 Å². The molecule has 228 valence electrons. The summed E-state index contributed by atoms with van der Waals surface area (Å²) in [6.07, 6.45) is 1.47. The molecule has 0 radical (unpaired) electrons. The fourth-order valence-corrected chi connectivity index (χ4v) is 6.31. The van der Waals surface area contributed by atoms with Crippen LogP contribution >= 0.6 is 11.3 Å². The molecule has 0 saturated carbocycles. The van der Waals surface area contributed by atoms with Crippen LogP contribution in [0, 0.1) is 20.8 Å². The van der Waals surface area contributed by atoms with E-state index in [-0.39, 0.29) is 33.4 Å². The number of thiazole rings is 1. The van der Waals surface area contributed by atoms with Crippen LogP contribution in [0.3, 0.4) is 0 Å². The third-order valence-corrected chi connectivity index (χ3v) is 8.87. The molecule has 6 rings (SSSR count). The van der Waals surface area contributed by atoms with Crippen molar-refractivity contribution in [3.63, 3.8) is 0 Å². The van der Waals surface area contributed by atoms with Crippen LogP contribution in [-0.4, -0.2) is 30.6 Å². The third-order valence-electron chi connectivity index (χ3n) is 7.74. The maximum atomic E-state index is 14.2. The summed E-state index contributed by atoms with van der Waals surface area (Å²) in [5.41, 5.74) is 3.99. The number of hydrogen-bond acceptors (Lipinski definition) is 9. The van der Waals surface area contributed by atoms with Gasteiger partial charge in [-0.1, -0.05) is 60.4 Å². The SMILES string of the molecule is C=CCOC(=O)c1sc(N2C(=O)c3oc4cc(C)c(C)cc4c(=O)c3C2c2ccc(OCc3ccccc3)c(OC)c2)nc1C. The number of anilines is 1. The van der Waals surface area contributed by atoms with Gasteiger partial charge in [-0.2, -0.15) is 0 Å². The van der Waals surface area contributed by atoms with Gasteiger partial charge in [-0.25, -0.2) is 9.78 Å². The van der Waals surface area contributed by atoms with Crippen LogP contribution in [0.2, 0.25) is 0 Å². The van der Waals surface area contributed by atoms with Gasteiger partial charge in [0.05, 0.1) is 29.8 Å². The van der Waals surface area contributed by atoms with E-state index >= 15 is 0 Å². The van der Waals surface area contributed by atoms with Crippen LogP contribution in [0.5, 0.6) is 11.5 Å². The molecule has 1 aliphatic heterocycles. The van der Waals surface area contributed by atoms with Crippen molar-refractivity contribution >= 4 is 39.3 Å². The van der Waals surface area contributed by atoms with Crippen LogP contribution < -0.4 is 19.8 Å². The number of methoxy groups -OCH3 is 1. The summed E-state index contributed by atoms with van der Waals surface area (Å²) < 4.78 is 23.2. The average Bonchev–Trinajstić information content (AvgIpc) is 3.57. The monoisotopic (exact) mass is 622 g/mol. The minimum absolute atomic E-state index is 0.0323. The van der Waals surface area contributed by atoms with E-state index in [9.17, 15) is 14.4 Å². The molecule has 1 unspecified atom stereocenters. The highest BCUT2D eigenvalue weighted by Gasteiger charge is 2.45. The lowest BCUT2D eigenvalue weighted by Crippen LogP contribution is -2.29. The number of nitrogens with zero attached hydrogens (tertiary/aromatic N) is 2. The van der Waals surface area contributed by atoms with E-state index in [1.165, 1.54) is 18.1 Å². The second-order valence-electron chi connectivity index (χ2n) is 10.7. The molecule has 3 aromatic carbocycles. The maximum absolute atomic E-state index is 14.2. The first-order valence-corrected chi connectivity index (χ1v) is 15.0. The van der Waals surface area contributed by atoms with Gasteiger partial charge in [0, 0.05) is 0 Å². The molecule has 9 nitrogen and oxygen atoms in total. The number of fused-ring (bicyclic) bond motifs is 2. The van der Waals surface area contributed by atoms with Crippen LogP contribution in [0.25, 0.3) is 11.0 Å². The van der Waals surface area contributed by atoms with Crippen LogP contribution in [0.4, 0.5) is 5.13 Å². The highest BCUT2D eigenvalue weighted by molar-refractivity contribution is 7.17. The number of carbonyl (C=O) groups excluding carboxylic acids is 2. The minimum Gasteiger partial charge on any atom is -0.493 e. The molecule has 3 heterocycles. The summed E-state index contributed by atoms with van der Waals surface area (Å²) in [5, 5.41) is 0.592. The Kier molecular flexibility index (Phi) is 7.99. The van der Waals surface area contributed by atoms with Crippen molar-refractivity contribution < 1.29 is 28.2 Å². The van der Waals surface area contributed by atoms with Crippen molar-refractivity contribution in [2.75, 3.05) is 18.6 Å². The fraction of sp³-hybridized carbons (Fsp3) is 0.200. The Morgan fingerprint density at radius 3 is 2.53 bits per heavy atom. The zero-order chi connectivity index (χ0) is 31.8. The first-order valence-electron chi connectivity index (χ1n) is 14.2. The number of aryl methyl sites for hydroxylation is 3. The molecule has 0 bridgehead atoms. The molecule has 0 N–H and O–H groups in total. The predicted molar refractivity (Wildman–Crippen MR) is 172 cm³/mol. The molecule has 0 fully saturated rings. The van der Waals surface area contributed by atoms with Crippen molar-refractivity contribution in [2.24, 2.45) is 0 Å². The van der Waals surface area contributed by atoms with Gasteiger partial charge < -0.3 is 18.6 Å². The first-order chi connectivity index (χ1) is 21.7. The van der Waals surface area contributed by atoms with Gasteiger partial charge in [0.25, 0.3) is 5.91 Å². The number of amides is 1. The lowest BCUT2D eigenvalue weighted by atomic mass is 9.97. The number of carbonyl (C=O) groups is 2. The summed E-state index contributed by atoms with van der Waals surface area (Å²) in [6, 6.07) is 17.6. The van der Waals surface area contributed by atoms with Gasteiger partial charge in [0.1, 0.15) is 23.7 Å². The first kappa shape index (κ1) is 29.8. The van der Waals surface area contributed by atoms with Gasteiger partial charge in [0.15, 0.2) is 22.1 Å². The molecular weight excluding hydrogens is 592 g/mol. The number of aromatic nitrogens is 1. The number of hydrogen-bond donors (Lipinski definition) is 0. The minimum atomic E-state index is -0.922. The van der Waals surface area contributed by atoms with Crippen molar-refractivity contribution in [1.29, 1.82) is 0 Å². The summed E-state index contributed by atoms with van der Waals surface area (Å²) >= 11 is 1.01. The number of benzene rings is 3. The second kappa shape index (κ2) is 12.0. The predicted octanol–water partition coefficient (Wildman–Crippen LogP) is 6.85. The fourth-order valence-electron chi connectivity index (χ4n) is 5.32. The number of ether oxygens (including phenoxy) is 3. The highest BCUT2D eigenvalue weighted by atomic mass is 32.1. The van der Waals surface area contributed by atoms with Crippen molar-refractivity contribution in [2.45, 2.75) is 33.4 Å². The summed E-state index contributed by atoms with van der Waals surface area (Å²) in [6.45, 7) is 9.43. The van der Waals surface area contributed by atoms with E-state index in [1.54, 1.807) is 37.3 Å². The Morgan fingerprint density at radius 1 is 1.04 bits per heavy atom. The summed E-state index contributed by atoms with van der Waals surface area (Å²) in [5.74, 6) is -0.285. The molecule has 1 atom stereocenters. The molecule has 1 aliphatic rings. The molecule has 2 aromatic heterocycles. The van der Waals surface area contributed by atoms with E-state index in [0.29, 0.717) is 40.3 Å². The second-order valence-corrected chi connectivity index (χ2v) is 11.6. The Morgan fingerprint density at radius 2 is 1.80 bits per heavy atom. The zero-order valence-corrected chi connectivity index (χ0v) is 26.0. The van der Waals surface area contributed by atoms with Gasteiger partial charge in [-0.3, -0.25) is 14.5 Å². The van der Waals surface area contributed by atoms with Crippen molar-refractivity contribution in [3.8, 4) is 11.5 Å². The molecule has 0 saturated heterocycles. The van der Waals surface area contributed by atoms with Gasteiger partial charge >= 0.3 is 5.97 Å². The number of esters is 1. The van der Waals surface area contributed by atoms with E-state index in [2.05, 4.69) is 11.6 Å². The Labute approximate surface area is 263 Å². The Balaban J connectivity index is 1.49. The molecule has 0 spiro atoms. The highest BCUT2D eigenvalue weighted by Crippen LogP contribution is 2.45.